The number of rotatable bonds is 14. The van der Waals surface area contributed by atoms with E-state index >= 15 is 0 Å². The lowest BCUT2D eigenvalue weighted by atomic mass is 10.1. The number of urea groups is 1. The first-order valence-corrected chi connectivity index (χ1v) is 16.0. The van der Waals surface area contributed by atoms with Gasteiger partial charge in [0.15, 0.2) is 0 Å². The van der Waals surface area contributed by atoms with Crippen molar-refractivity contribution >= 4 is 59.4 Å². The van der Waals surface area contributed by atoms with Gasteiger partial charge in [-0.2, -0.15) is 8.42 Å². The predicted octanol–water partition coefficient (Wildman–Crippen LogP) is 2.97. The van der Waals surface area contributed by atoms with Crippen LogP contribution in [0.5, 0.6) is 0 Å². The van der Waals surface area contributed by atoms with Crippen LogP contribution in [0.25, 0.3) is 0 Å². The van der Waals surface area contributed by atoms with Crippen LogP contribution in [0.2, 0.25) is 0 Å². The Kier molecular flexibility index (Phi) is 12.1. The zero-order valence-electron chi connectivity index (χ0n) is 16.3. The first-order chi connectivity index (χ1) is 13.9. The van der Waals surface area contributed by atoms with Crippen molar-refractivity contribution in [2.75, 3.05) is 24.6 Å². The van der Waals surface area contributed by atoms with Crippen molar-refractivity contribution < 1.29 is 18.2 Å². The topological polar surface area (TPSA) is 119 Å². The first kappa shape index (κ1) is 25.1. The quantitative estimate of drug-likeness (QED) is 0.122. The Bertz CT molecular complexity index is 566. The molecule has 2 aliphatic rings. The second-order valence-electron chi connectivity index (χ2n) is 6.80. The average Bonchev–Trinajstić information content (AvgIpc) is 3.34. The Hall–Kier alpha value is -0.180. The van der Waals surface area contributed by atoms with Gasteiger partial charge in [0.2, 0.25) is 0 Å². The monoisotopic (exact) mass is 504 g/mol. The SMILES string of the molecule is O=C(NCCCCC1CCSS1)NS(=O)(=O)N[N+](=O)NCCCCC1CCSS1. The Morgan fingerprint density at radius 1 is 0.931 bits per heavy atom. The van der Waals surface area contributed by atoms with E-state index in [4.69, 9.17) is 0 Å². The van der Waals surface area contributed by atoms with Crippen LogP contribution < -0.4 is 20.3 Å². The molecule has 2 rings (SSSR count). The van der Waals surface area contributed by atoms with Gasteiger partial charge < -0.3 is 5.32 Å². The summed E-state index contributed by atoms with van der Waals surface area (Å²) in [6, 6.07) is -0.844. The minimum absolute atomic E-state index is 0.0209. The highest BCUT2D eigenvalue weighted by molar-refractivity contribution is 8.77. The molecule has 2 aliphatic heterocycles. The third-order valence-corrected chi connectivity index (χ3v) is 11.2. The fourth-order valence-electron chi connectivity index (χ4n) is 2.83. The molecule has 0 radical (unpaired) electrons. The van der Waals surface area contributed by atoms with Crippen molar-refractivity contribution in [1.82, 2.24) is 20.3 Å². The van der Waals surface area contributed by atoms with E-state index < -0.39 is 16.2 Å². The van der Waals surface area contributed by atoms with E-state index in [1.807, 2.05) is 43.2 Å². The largest absolute Gasteiger partial charge is 0.376 e. The molecule has 2 saturated heterocycles. The van der Waals surface area contributed by atoms with Crippen molar-refractivity contribution in [1.29, 1.82) is 0 Å². The van der Waals surface area contributed by atoms with Crippen LogP contribution in [0.15, 0.2) is 0 Å². The maximum Gasteiger partial charge on any atom is 0.376 e. The summed E-state index contributed by atoms with van der Waals surface area (Å²) >= 11 is 0. The number of amides is 2. The molecular formula is C15H30N5O4S5+. The average molecular weight is 505 g/mol. The first-order valence-electron chi connectivity index (χ1n) is 9.80. The third-order valence-electron chi connectivity index (χ3n) is 4.33. The molecule has 0 saturated carbocycles. The van der Waals surface area contributed by atoms with Crippen molar-refractivity contribution in [3.63, 3.8) is 0 Å². The van der Waals surface area contributed by atoms with Crippen LogP contribution >= 0.6 is 43.2 Å². The van der Waals surface area contributed by atoms with Crippen LogP contribution in [0.3, 0.4) is 0 Å². The zero-order chi connectivity index (χ0) is 21.0. The van der Waals surface area contributed by atoms with Crippen LogP contribution in [0.1, 0.15) is 51.4 Å². The highest BCUT2D eigenvalue weighted by Gasteiger charge is 2.22. The number of hydrogen-bond donors (Lipinski definition) is 4. The van der Waals surface area contributed by atoms with Crippen LogP contribution in [0.4, 0.5) is 4.79 Å². The normalized spacial score (nSPS) is 21.7. The summed E-state index contributed by atoms with van der Waals surface area (Å²) in [6.45, 7) is 0.754. The van der Waals surface area contributed by atoms with E-state index in [2.05, 4.69) is 10.7 Å². The summed E-state index contributed by atoms with van der Waals surface area (Å²) in [5.74, 6) is 2.40. The Morgan fingerprint density at radius 2 is 1.52 bits per heavy atom. The molecule has 2 unspecified atom stereocenters. The highest BCUT2D eigenvalue weighted by Crippen LogP contribution is 2.40. The van der Waals surface area contributed by atoms with E-state index in [1.54, 1.807) is 9.55 Å². The van der Waals surface area contributed by atoms with Crippen LogP contribution in [0, 0.1) is 4.91 Å². The molecular weight excluding hydrogens is 475 g/mol. The molecule has 2 atom stereocenters. The van der Waals surface area contributed by atoms with Crippen molar-refractivity contribution in [2.45, 2.75) is 61.9 Å². The van der Waals surface area contributed by atoms with Gasteiger partial charge in [0.05, 0.1) is 11.5 Å². The number of nitrogens with zero attached hydrogens (tertiary/aromatic N) is 1. The lowest BCUT2D eigenvalue weighted by molar-refractivity contribution is -0.641. The van der Waals surface area contributed by atoms with Crippen LogP contribution in [-0.4, -0.2) is 54.5 Å². The molecule has 2 heterocycles. The van der Waals surface area contributed by atoms with Gasteiger partial charge in [-0.25, -0.2) is 9.52 Å². The van der Waals surface area contributed by atoms with Crippen molar-refractivity contribution in [3.8, 4) is 0 Å². The van der Waals surface area contributed by atoms with Crippen LogP contribution in [-0.2, 0) is 10.2 Å². The molecule has 168 valence electrons. The summed E-state index contributed by atoms with van der Waals surface area (Å²) < 4.78 is 25.4. The smallest absolute Gasteiger partial charge is 0.337 e. The maximum absolute atomic E-state index is 11.8. The zero-order valence-corrected chi connectivity index (χ0v) is 20.3. The summed E-state index contributed by atoms with van der Waals surface area (Å²) in [4.78, 5) is 25.0. The Labute approximate surface area is 188 Å². The molecule has 9 nitrogen and oxygen atoms in total. The van der Waals surface area contributed by atoms with Gasteiger partial charge >= 0.3 is 16.2 Å². The van der Waals surface area contributed by atoms with E-state index in [1.165, 1.54) is 24.3 Å². The van der Waals surface area contributed by atoms with Crippen molar-refractivity contribution in [2.24, 2.45) is 0 Å². The molecule has 14 heteroatoms. The van der Waals surface area contributed by atoms with Gasteiger partial charge in [0, 0.05) is 33.4 Å². The number of nitroso groups, excluding NO2 is 1. The molecule has 0 aliphatic carbocycles. The lowest BCUT2D eigenvalue weighted by Gasteiger charge is -2.08. The second-order valence-corrected chi connectivity index (χ2v) is 13.8. The fourth-order valence-corrected chi connectivity index (χ4v) is 9.53. The van der Waals surface area contributed by atoms with E-state index in [9.17, 15) is 18.1 Å². The summed E-state index contributed by atoms with van der Waals surface area (Å²) in [6.07, 6.45) is 8.18. The summed E-state index contributed by atoms with van der Waals surface area (Å²) in [7, 11) is 3.38. The Morgan fingerprint density at radius 3 is 2.07 bits per heavy atom. The molecule has 0 aromatic carbocycles. The number of unbranched alkanes of at least 4 members (excludes halogenated alkanes) is 2. The second kappa shape index (κ2) is 14.0. The number of hydrogen-bond acceptors (Lipinski definition) is 8. The van der Waals surface area contributed by atoms with Gasteiger partial charge in [-0.15, -0.1) is 5.43 Å². The molecule has 2 amide bonds. The summed E-state index contributed by atoms with van der Waals surface area (Å²) in [5.41, 5.74) is 2.42. The molecule has 29 heavy (non-hydrogen) atoms. The van der Waals surface area contributed by atoms with E-state index in [-0.39, 0.29) is 4.98 Å². The molecule has 0 bridgehead atoms. The molecule has 4 N–H and O–H groups in total. The minimum Gasteiger partial charge on any atom is -0.337 e. The number of carbonyl (C=O) groups is 1. The lowest BCUT2D eigenvalue weighted by Crippen LogP contribution is -2.51. The van der Waals surface area contributed by atoms with E-state index in [0.717, 1.165) is 38.5 Å². The third kappa shape index (κ3) is 11.7. The molecule has 2 fully saturated rings. The van der Waals surface area contributed by atoms with Gasteiger partial charge in [-0.1, -0.05) is 56.0 Å². The predicted molar refractivity (Wildman–Crippen MR) is 125 cm³/mol. The molecule has 0 aromatic heterocycles. The minimum atomic E-state index is -4.26. The maximum atomic E-state index is 11.8. The van der Waals surface area contributed by atoms with Gasteiger partial charge in [-0.3, -0.25) is 0 Å². The van der Waals surface area contributed by atoms with Gasteiger partial charge in [0.25, 0.3) is 4.98 Å². The van der Waals surface area contributed by atoms with Gasteiger partial charge in [0.1, 0.15) is 0 Å². The van der Waals surface area contributed by atoms with Gasteiger partial charge in [-0.05, 0) is 38.5 Å². The molecule has 0 aromatic rings. The number of nitrogens with one attached hydrogen (secondary N) is 4. The number of carbonyl (C=O) groups excluding carboxylic acids is 1. The highest BCUT2D eigenvalue weighted by atomic mass is 33.1. The summed E-state index contributed by atoms with van der Waals surface area (Å²) in [5, 5.41) is 3.87. The fraction of sp³-hybridized carbons (Fsp3) is 0.933. The number of hydrazine groups is 2. The molecule has 0 spiro atoms. The van der Waals surface area contributed by atoms with E-state index in [0.29, 0.717) is 23.6 Å². The standard InChI is InChI=1S/C15H29N5O4S5/c21-15(16-9-3-1-5-13-7-11-25-27-13)18-29(23,24)19-20(22)17-10-4-2-6-14-8-12-26-28-14/h13-14H,1-12H2,(H3-,16,17,18,19,21,22)/p+1. The van der Waals surface area contributed by atoms with Crippen molar-refractivity contribution in [3.05, 3.63) is 4.91 Å². The Balaban J connectivity index is 1.48.